The summed E-state index contributed by atoms with van der Waals surface area (Å²) >= 11 is 2.04. The van der Waals surface area contributed by atoms with E-state index in [2.05, 4.69) is 22.2 Å². The Hall–Kier alpha value is -3.21. The molecule has 1 aliphatic heterocycles. The highest BCUT2D eigenvalue weighted by molar-refractivity contribution is 14.1. The van der Waals surface area contributed by atoms with Crippen LogP contribution in [-0.2, 0) is 24.5 Å². The Morgan fingerprint density at radius 3 is 2.26 bits per heavy atom. The van der Waals surface area contributed by atoms with E-state index < -0.39 is 23.8 Å². The fourth-order valence-electron chi connectivity index (χ4n) is 7.41. The molecule has 4 aliphatic carbocycles. The van der Waals surface area contributed by atoms with Crippen LogP contribution in [0, 0.1) is 21.3 Å². The number of ether oxygens (including phenoxy) is 2. The van der Waals surface area contributed by atoms with Gasteiger partial charge >= 0.3 is 12.0 Å². The normalized spacial score (nSPS) is 28.6. The fraction of sp³-hybridized carbons (Fsp3) is 0.400. The van der Waals surface area contributed by atoms with Crippen molar-refractivity contribution in [2.75, 3.05) is 18.6 Å². The summed E-state index contributed by atoms with van der Waals surface area (Å²) in [6, 6.07) is 12.1. The predicted molar refractivity (Wildman–Crippen MR) is 152 cm³/mol. The van der Waals surface area contributed by atoms with Crippen LogP contribution in [0.1, 0.15) is 49.7 Å². The van der Waals surface area contributed by atoms with E-state index in [0.29, 0.717) is 20.6 Å². The molecule has 1 saturated heterocycles. The van der Waals surface area contributed by atoms with Crippen LogP contribution in [0.5, 0.6) is 5.75 Å². The van der Waals surface area contributed by atoms with Gasteiger partial charge in [-0.2, -0.15) is 0 Å². The van der Waals surface area contributed by atoms with Gasteiger partial charge in [-0.3, -0.25) is 14.9 Å². The van der Waals surface area contributed by atoms with Crippen molar-refractivity contribution in [1.82, 2.24) is 5.32 Å². The van der Waals surface area contributed by atoms with Crippen molar-refractivity contribution in [1.29, 1.82) is 0 Å². The molecule has 4 bridgehead atoms. The number of nitrogens with one attached hydrogen (secondary N) is 1. The number of nitrogens with zero attached hydrogens (tertiary/aromatic N) is 1. The van der Waals surface area contributed by atoms with Crippen LogP contribution in [0.4, 0.5) is 10.5 Å². The summed E-state index contributed by atoms with van der Waals surface area (Å²) in [7, 11) is 1.28. The van der Waals surface area contributed by atoms with Crippen LogP contribution >= 0.6 is 22.6 Å². The number of carbonyl (C=O) groups excluding carboxylic acids is 4. The maximum Gasteiger partial charge on any atom is 0.343 e. The van der Waals surface area contributed by atoms with Gasteiger partial charge in [-0.1, -0.05) is 18.2 Å². The Balaban J connectivity index is 1.23. The molecule has 39 heavy (non-hydrogen) atoms. The van der Waals surface area contributed by atoms with E-state index in [1.54, 1.807) is 18.2 Å². The Morgan fingerprint density at radius 2 is 1.67 bits per heavy atom. The zero-order valence-electron chi connectivity index (χ0n) is 21.6. The minimum atomic E-state index is -0.758. The number of benzene rings is 2. The summed E-state index contributed by atoms with van der Waals surface area (Å²) in [4.78, 5) is 51.2. The number of barbiturate groups is 1. The number of anilines is 1. The number of hydrogen-bond donors (Lipinski definition) is 1. The van der Waals surface area contributed by atoms with Crippen molar-refractivity contribution < 1.29 is 28.7 Å². The summed E-state index contributed by atoms with van der Waals surface area (Å²) in [5.74, 6) is 1.01. The van der Waals surface area contributed by atoms with Gasteiger partial charge in [0.2, 0.25) is 0 Å². The van der Waals surface area contributed by atoms with Gasteiger partial charge in [-0.25, -0.2) is 14.5 Å². The zero-order valence-corrected chi connectivity index (χ0v) is 23.7. The number of imide groups is 2. The SMILES string of the molecule is COC(=O)COc1ccc(/C=C2\C(=O)NC(=O)N(c3ccc(C45CC6CC(CC(C6)C4)C5)cc3)C2=O)cc1I. The number of amides is 4. The molecule has 0 unspecified atom stereocenters. The molecular formula is C30H29IN2O6. The van der Waals surface area contributed by atoms with Gasteiger partial charge in [0.1, 0.15) is 11.3 Å². The molecule has 5 fully saturated rings. The average Bonchev–Trinajstić information content (AvgIpc) is 2.90. The molecule has 0 aromatic heterocycles. The quantitative estimate of drug-likeness (QED) is 0.207. The zero-order chi connectivity index (χ0) is 27.3. The summed E-state index contributed by atoms with van der Waals surface area (Å²) in [6.45, 7) is -0.230. The van der Waals surface area contributed by atoms with E-state index >= 15 is 0 Å². The Morgan fingerprint density at radius 1 is 1.03 bits per heavy atom. The third kappa shape index (κ3) is 4.85. The third-order valence-corrected chi connectivity index (χ3v) is 9.56. The molecule has 9 heteroatoms. The first-order valence-corrected chi connectivity index (χ1v) is 14.3. The van der Waals surface area contributed by atoms with Crippen molar-refractivity contribution in [2.45, 2.75) is 43.9 Å². The maximum absolute atomic E-state index is 13.4. The number of rotatable bonds is 6. The summed E-state index contributed by atoms with van der Waals surface area (Å²) < 4.78 is 10.7. The first kappa shape index (κ1) is 26.0. The van der Waals surface area contributed by atoms with E-state index in [1.165, 1.54) is 57.3 Å². The van der Waals surface area contributed by atoms with Crippen LogP contribution in [0.15, 0.2) is 48.0 Å². The van der Waals surface area contributed by atoms with E-state index in [-0.39, 0.29) is 17.6 Å². The van der Waals surface area contributed by atoms with Crippen molar-refractivity contribution in [2.24, 2.45) is 17.8 Å². The molecular weight excluding hydrogens is 611 g/mol. The highest BCUT2D eigenvalue weighted by Gasteiger charge is 2.51. The molecule has 7 rings (SSSR count). The highest BCUT2D eigenvalue weighted by Crippen LogP contribution is 2.60. The molecule has 1 N–H and O–H groups in total. The second kappa shape index (κ2) is 10.1. The van der Waals surface area contributed by atoms with E-state index in [1.807, 2.05) is 34.7 Å². The van der Waals surface area contributed by atoms with Gasteiger partial charge in [-0.15, -0.1) is 0 Å². The minimum absolute atomic E-state index is 0.140. The topological polar surface area (TPSA) is 102 Å². The van der Waals surface area contributed by atoms with Gasteiger partial charge in [-0.05, 0) is 126 Å². The summed E-state index contributed by atoms with van der Waals surface area (Å²) in [6.07, 6.45) is 9.24. The molecule has 8 nitrogen and oxygen atoms in total. The number of esters is 1. The molecule has 5 aliphatic rings. The number of urea groups is 1. The number of hydrogen-bond acceptors (Lipinski definition) is 6. The van der Waals surface area contributed by atoms with E-state index in [4.69, 9.17) is 4.74 Å². The minimum Gasteiger partial charge on any atom is -0.481 e. The van der Waals surface area contributed by atoms with Gasteiger partial charge in [0.25, 0.3) is 11.8 Å². The van der Waals surface area contributed by atoms with Crippen LogP contribution < -0.4 is 15.0 Å². The van der Waals surface area contributed by atoms with Crippen molar-refractivity contribution >= 4 is 58.2 Å². The Bertz CT molecular complexity index is 1360. The number of halogens is 1. The van der Waals surface area contributed by atoms with E-state index in [9.17, 15) is 19.2 Å². The Labute approximate surface area is 240 Å². The largest absolute Gasteiger partial charge is 0.481 e. The first-order chi connectivity index (χ1) is 18.7. The fourth-order valence-corrected chi connectivity index (χ4v) is 8.10. The summed E-state index contributed by atoms with van der Waals surface area (Å²) in [5, 5.41) is 2.30. The molecule has 2 aromatic carbocycles. The lowest BCUT2D eigenvalue weighted by Gasteiger charge is -2.57. The van der Waals surface area contributed by atoms with Gasteiger partial charge in [0, 0.05) is 0 Å². The molecule has 0 radical (unpaired) electrons. The molecule has 2 aromatic rings. The predicted octanol–water partition coefficient (Wildman–Crippen LogP) is 4.98. The number of carbonyl (C=O) groups is 4. The highest BCUT2D eigenvalue weighted by atomic mass is 127. The molecule has 4 amide bonds. The Kier molecular flexibility index (Phi) is 6.73. The molecule has 1 heterocycles. The average molecular weight is 640 g/mol. The maximum atomic E-state index is 13.4. The standard InChI is InChI=1S/C30H29IN2O6/c1-38-26(34)16-39-25-7-2-17(12-24(25)31)11-23-27(35)32-29(37)33(28(23)36)22-5-3-21(4-6-22)30-13-18-8-19(14-30)10-20(9-18)15-30/h2-7,11-12,18-20H,8-10,13-16H2,1H3,(H,32,35,37)/b23-11+. The molecule has 4 saturated carbocycles. The van der Waals surface area contributed by atoms with Crippen LogP contribution in [0.3, 0.4) is 0 Å². The van der Waals surface area contributed by atoms with Gasteiger partial charge < -0.3 is 9.47 Å². The number of methoxy groups -OCH3 is 1. The van der Waals surface area contributed by atoms with E-state index in [0.717, 1.165) is 22.7 Å². The monoisotopic (exact) mass is 640 g/mol. The third-order valence-electron chi connectivity index (χ3n) is 8.72. The van der Waals surface area contributed by atoms with Crippen LogP contribution in [0.25, 0.3) is 6.08 Å². The van der Waals surface area contributed by atoms with Gasteiger partial charge in [0.05, 0.1) is 16.4 Å². The lowest BCUT2D eigenvalue weighted by Crippen LogP contribution is -2.54. The molecule has 202 valence electrons. The van der Waals surface area contributed by atoms with Crippen molar-refractivity contribution in [3.63, 3.8) is 0 Å². The summed E-state index contributed by atoms with van der Waals surface area (Å²) in [5.41, 5.74) is 2.39. The molecule has 0 atom stereocenters. The van der Waals surface area contributed by atoms with Gasteiger partial charge in [0.15, 0.2) is 6.61 Å². The van der Waals surface area contributed by atoms with Crippen LogP contribution in [-0.4, -0.2) is 37.5 Å². The smallest absolute Gasteiger partial charge is 0.343 e. The lowest BCUT2D eigenvalue weighted by atomic mass is 9.48. The second-order valence-electron chi connectivity index (χ2n) is 11.3. The lowest BCUT2D eigenvalue weighted by molar-refractivity contribution is -0.143. The molecule has 0 spiro atoms. The van der Waals surface area contributed by atoms with Crippen molar-refractivity contribution in [3.05, 3.63) is 62.7 Å². The van der Waals surface area contributed by atoms with Crippen molar-refractivity contribution in [3.8, 4) is 5.75 Å². The second-order valence-corrected chi connectivity index (χ2v) is 12.4. The first-order valence-electron chi connectivity index (χ1n) is 13.3. The van der Waals surface area contributed by atoms with Crippen LogP contribution in [0.2, 0.25) is 0 Å².